The summed E-state index contributed by atoms with van der Waals surface area (Å²) < 4.78 is 35.4. The first-order valence-electron chi connectivity index (χ1n) is 8.48. The van der Waals surface area contributed by atoms with Gasteiger partial charge in [-0.1, -0.05) is 72.8 Å². The molecule has 3 rings (SSSR count). The van der Waals surface area contributed by atoms with Gasteiger partial charge in [0.05, 0.1) is 20.3 Å². The molecule has 6 heteroatoms. The highest BCUT2D eigenvalue weighted by Gasteiger charge is 2.30. The van der Waals surface area contributed by atoms with Gasteiger partial charge in [-0.3, -0.25) is 9.05 Å². The highest BCUT2D eigenvalue weighted by molar-refractivity contribution is 7.48. The molecule has 0 aliphatic heterocycles. The number of hydrogen-bond donors (Lipinski definition) is 0. The first kappa shape index (κ1) is 19.2. The maximum absolute atomic E-state index is 13.3. The van der Waals surface area contributed by atoms with E-state index in [1.807, 2.05) is 60.7 Å². The van der Waals surface area contributed by atoms with E-state index in [-0.39, 0.29) is 13.2 Å². The van der Waals surface area contributed by atoms with Gasteiger partial charge in [0.1, 0.15) is 0 Å². The first-order valence-corrected chi connectivity index (χ1v) is 9.94. The molecule has 0 atom stereocenters. The lowest BCUT2D eigenvalue weighted by molar-refractivity contribution is 0.142. The fourth-order valence-corrected chi connectivity index (χ4v) is 3.55. The Morgan fingerprint density at radius 2 is 1.11 bits per heavy atom. The third-order valence-electron chi connectivity index (χ3n) is 3.74. The summed E-state index contributed by atoms with van der Waals surface area (Å²) in [7, 11) is -2.38. The van der Waals surface area contributed by atoms with Crippen molar-refractivity contribution in [1.29, 1.82) is 0 Å². The zero-order valence-corrected chi connectivity index (χ0v) is 15.9. The molecule has 0 spiro atoms. The van der Waals surface area contributed by atoms with Crippen LogP contribution >= 0.6 is 7.82 Å². The molecule has 0 saturated heterocycles. The third kappa shape index (κ3) is 5.69. The predicted octanol–water partition coefficient (Wildman–Crippen LogP) is 5.62. The van der Waals surface area contributed by atoms with Gasteiger partial charge in [0.2, 0.25) is 0 Å². The van der Waals surface area contributed by atoms with Gasteiger partial charge in [-0.05, 0) is 23.3 Å². The van der Waals surface area contributed by atoms with Crippen LogP contribution in [0.3, 0.4) is 0 Å². The molecule has 140 valence electrons. The quantitative estimate of drug-likeness (QED) is 0.449. The summed E-state index contributed by atoms with van der Waals surface area (Å²) in [5.41, 5.74) is 1.73. The Morgan fingerprint density at radius 3 is 1.59 bits per heavy atom. The lowest BCUT2D eigenvalue weighted by Gasteiger charge is -2.20. The monoisotopic (exact) mass is 384 g/mol. The molecule has 0 aliphatic carbocycles. The molecule has 0 saturated carbocycles. The maximum atomic E-state index is 13.3. The zero-order valence-electron chi connectivity index (χ0n) is 15.0. The van der Waals surface area contributed by atoms with Crippen LogP contribution in [0.4, 0.5) is 0 Å². The van der Waals surface area contributed by atoms with Crippen LogP contribution in [0.1, 0.15) is 11.1 Å². The van der Waals surface area contributed by atoms with Gasteiger partial charge in [0, 0.05) is 0 Å². The van der Waals surface area contributed by atoms with Crippen molar-refractivity contribution in [2.75, 3.05) is 7.11 Å². The average Bonchev–Trinajstić information content (AvgIpc) is 2.73. The second-order valence-electron chi connectivity index (χ2n) is 5.71. The molecule has 3 aromatic carbocycles. The van der Waals surface area contributed by atoms with Crippen molar-refractivity contribution in [3.8, 4) is 11.5 Å². The number of phosphoric ester groups is 1. The predicted molar refractivity (Wildman–Crippen MR) is 104 cm³/mol. The first-order chi connectivity index (χ1) is 13.2. The van der Waals surface area contributed by atoms with Gasteiger partial charge < -0.3 is 9.26 Å². The van der Waals surface area contributed by atoms with E-state index >= 15 is 0 Å². The maximum Gasteiger partial charge on any atom is 0.530 e. The van der Waals surface area contributed by atoms with E-state index in [0.29, 0.717) is 11.5 Å². The fourth-order valence-electron chi connectivity index (χ4n) is 2.36. The summed E-state index contributed by atoms with van der Waals surface area (Å²) in [6, 6.07) is 25.8. The molecular weight excluding hydrogens is 363 g/mol. The standard InChI is InChI=1S/C21H21O5P/c1-23-20-14-8-9-15-21(20)26-27(22,24-16-18-10-4-2-5-11-18)25-17-19-12-6-3-7-13-19/h2-15H,16-17H2,1H3. The van der Waals surface area contributed by atoms with Crippen LogP contribution in [0.25, 0.3) is 0 Å². The van der Waals surface area contributed by atoms with Gasteiger partial charge in [-0.25, -0.2) is 4.57 Å². The SMILES string of the molecule is COc1ccccc1OP(=O)(OCc1ccccc1)OCc1ccccc1. The zero-order chi connectivity index (χ0) is 19.0. The second-order valence-corrected chi connectivity index (χ2v) is 7.30. The van der Waals surface area contributed by atoms with Crippen LogP contribution in [0, 0.1) is 0 Å². The van der Waals surface area contributed by atoms with E-state index in [4.69, 9.17) is 18.3 Å². The summed E-state index contributed by atoms with van der Waals surface area (Å²) in [6.07, 6.45) is 0. The van der Waals surface area contributed by atoms with Crippen LogP contribution in [0.15, 0.2) is 84.9 Å². The Balaban J connectivity index is 1.77. The molecule has 5 nitrogen and oxygen atoms in total. The molecule has 27 heavy (non-hydrogen) atoms. The molecule has 0 unspecified atom stereocenters. The number of methoxy groups -OCH3 is 1. The number of hydrogen-bond acceptors (Lipinski definition) is 5. The summed E-state index contributed by atoms with van der Waals surface area (Å²) in [4.78, 5) is 0. The Kier molecular flexibility index (Phi) is 6.66. The van der Waals surface area contributed by atoms with Crippen molar-refractivity contribution in [2.24, 2.45) is 0 Å². The molecule has 0 aliphatic rings. The largest absolute Gasteiger partial charge is 0.530 e. The van der Waals surface area contributed by atoms with Crippen LogP contribution in [0.2, 0.25) is 0 Å². The molecule has 0 bridgehead atoms. The fraction of sp³-hybridized carbons (Fsp3) is 0.143. The van der Waals surface area contributed by atoms with Crippen molar-refractivity contribution >= 4 is 7.82 Å². The summed E-state index contributed by atoms with van der Waals surface area (Å²) in [5, 5.41) is 0. The minimum Gasteiger partial charge on any atom is -0.493 e. The minimum absolute atomic E-state index is 0.0993. The van der Waals surface area contributed by atoms with E-state index in [2.05, 4.69) is 0 Å². The van der Waals surface area contributed by atoms with Crippen LogP contribution in [-0.4, -0.2) is 7.11 Å². The van der Waals surface area contributed by atoms with Gasteiger partial charge in [-0.15, -0.1) is 0 Å². The van der Waals surface area contributed by atoms with Gasteiger partial charge in [0.15, 0.2) is 11.5 Å². The molecular formula is C21H21O5P. The summed E-state index contributed by atoms with van der Waals surface area (Å²) >= 11 is 0. The Bertz CT molecular complexity index is 836. The molecule has 0 amide bonds. The number of ether oxygens (including phenoxy) is 1. The molecule has 0 radical (unpaired) electrons. The van der Waals surface area contributed by atoms with E-state index in [0.717, 1.165) is 11.1 Å². The molecule has 0 fully saturated rings. The van der Waals surface area contributed by atoms with Crippen molar-refractivity contribution in [3.63, 3.8) is 0 Å². The molecule has 0 heterocycles. The summed E-state index contributed by atoms with van der Waals surface area (Å²) in [5.74, 6) is 0.744. The van der Waals surface area contributed by atoms with Crippen molar-refractivity contribution in [1.82, 2.24) is 0 Å². The van der Waals surface area contributed by atoms with Crippen LogP contribution < -0.4 is 9.26 Å². The normalized spacial score (nSPS) is 11.1. The third-order valence-corrected chi connectivity index (χ3v) is 5.05. The van der Waals surface area contributed by atoms with Gasteiger partial charge in [0.25, 0.3) is 0 Å². The highest BCUT2D eigenvalue weighted by Crippen LogP contribution is 2.52. The Morgan fingerprint density at radius 1 is 0.667 bits per heavy atom. The van der Waals surface area contributed by atoms with E-state index in [9.17, 15) is 4.57 Å². The van der Waals surface area contributed by atoms with Crippen molar-refractivity contribution in [2.45, 2.75) is 13.2 Å². The van der Waals surface area contributed by atoms with E-state index in [1.165, 1.54) is 7.11 Å². The second kappa shape index (κ2) is 9.38. The lowest BCUT2D eigenvalue weighted by atomic mass is 10.2. The van der Waals surface area contributed by atoms with Gasteiger partial charge in [-0.2, -0.15) is 0 Å². The lowest BCUT2D eigenvalue weighted by Crippen LogP contribution is -2.04. The minimum atomic E-state index is -3.89. The smallest absolute Gasteiger partial charge is 0.493 e. The van der Waals surface area contributed by atoms with Crippen LogP contribution in [-0.2, 0) is 26.8 Å². The van der Waals surface area contributed by atoms with Crippen molar-refractivity contribution in [3.05, 3.63) is 96.1 Å². The molecule has 3 aromatic rings. The molecule has 0 N–H and O–H groups in total. The van der Waals surface area contributed by atoms with E-state index < -0.39 is 7.82 Å². The number of phosphoric acid groups is 1. The number of para-hydroxylation sites is 2. The van der Waals surface area contributed by atoms with Gasteiger partial charge >= 0.3 is 7.82 Å². The number of rotatable bonds is 9. The van der Waals surface area contributed by atoms with Crippen molar-refractivity contribution < 1.29 is 22.9 Å². The molecule has 0 aromatic heterocycles. The van der Waals surface area contributed by atoms with E-state index in [1.54, 1.807) is 24.3 Å². The average molecular weight is 384 g/mol. The Labute approximate surface area is 159 Å². The van der Waals surface area contributed by atoms with Crippen LogP contribution in [0.5, 0.6) is 11.5 Å². The highest BCUT2D eigenvalue weighted by atomic mass is 31.2. The topological polar surface area (TPSA) is 54.0 Å². The summed E-state index contributed by atoms with van der Waals surface area (Å²) in [6.45, 7) is 0.199. The Hall–Kier alpha value is -2.59. The number of benzene rings is 3.